The summed E-state index contributed by atoms with van der Waals surface area (Å²) < 4.78 is 16.3. The molecule has 0 saturated carbocycles. The quantitative estimate of drug-likeness (QED) is 0.0386. The molecule has 9 nitrogen and oxygen atoms in total. The average molecular weight is 645 g/mol. The summed E-state index contributed by atoms with van der Waals surface area (Å²) in [4.78, 5) is 37.1. The molecule has 0 radical (unpaired) electrons. The second kappa shape index (κ2) is 30.9. The van der Waals surface area contributed by atoms with E-state index in [0.29, 0.717) is 19.3 Å². The molecular weight excluding hydrogens is 576 g/mol. The number of rotatable bonds is 32. The van der Waals surface area contributed by atoms with E-state index in [1.54, 1.807) is 6.92 Å². The van der Waals surface area contributed by atoms with E-state index >= 15 is 0 Å². The summed E-state index contributed by atoms with van der Waals surface area (Å²) in [5.41, 5.74) is 0. The fraction of sp³-hybridized carbons (Fsp3) is 0.917. The molecule has 4 atom stereocenters. The van der Waals surface area contributed by atoms with E-state index in [1.165, 1.54) is 0 Å². The molecule has 0 aliphatic carbocycles. The summed E-state index contributed by atoms with van der Waals surface area (Å²) in [5.74, 6) is -1.10. The summed E-state index contributed by atoms with van der Waals surface area (Å²) >= 11 is 0. The fourth-order valence-electron chi connectivity index (χ4n) is 5.06. The molecule has 0 aromatic heterocycles. The van der Waals surface area contributed by atoms with E-state index in [1.807, 2.05) is 13.8 Å². The van der Waals surface area contributed by atoms with E-state index < -0.39 is 12.1 Å². The van der Waals surface area contributed by atoms with Gasteiger partial charge in [0.15, 0.2) is 6.10 Å². The first-order valence-electron chi connectivity index (χ1n) is 18.2. The predicted octanol–water partition coefficient (Wildman–Crippen LogP) is 7.49. The van der Waals surface area contributed by atoms with Crippen LogP contribution < -0.4 is 0 Å². The number of carbonyl (C=O) groups is 3. The van der Waals surface area contributed by atoms with Crippen LogP contribution in [0.25, 0.3) is 0 Å². The summed E-state index contributed by atoms with van der Waals surface area (Å²) in [6.07, 6.45) is 18.4. The maximum atomic E-state index is 12.5. The van der Waals surface area contributed by atoms with Crippen molar-refractivity contribution in [2.45, 2.75) is 199 Å². The van der Waals surface area contributed by atoms with E-state index in [2.05, 4.69) is 0 Å². The lowest BCUT2D eigenvalue weighted by atomic mass is 10.1. The molecule has 0 aliphatic rings. The van der Waals surface area contributed by atoms with Gasteiger partial charge in [-0.05, 0) is 58.3 Å². The van der Waals surface area contributed by atoms with Crippen LogP contribution in [0.5, 0.6) is 0 Å². The number of carbonyl (C=O) groups excluding carboxylic acids is 3. The largest absolute Gasteiger partial charge is 0.462 e. The number of hydrogen-bond donors (Lipinski definition) is 3. The van der Waals surface area contributed by atoms with Gasteiger partial charge in [0, 0.05) is 19.3 Å². The molecule has 0 aromatic rings. The summed E-state index contributed by atoms with van der Waals surface area (Å²) in [7, 11) is 0. The summed E-state index contributed by atoms with van der Waals surface area (Å²) in [6, 6.07) is 0. The first-order valence-corrected chi connectivity index (χ1v) is 18.2. The molecule has 9 heteroatoms. The molecule has 0 aliphatic heterocycles. The van der Waals surface area contributed by atoms with Crippen LogP contribution in [0.15, 0.2) is 0 Å². The van der Waals surface area contributed by atoms with Crippen LogP contribution in [0.1, 0.15) is 175 Å². The maximum Gasteiger partial charge on any atom is 0.306 e. The van der Waals surface area contributed by atoms with Gasteiger partial charge in [0.2, 0.25) is 0 Å². The van der Waals surface area contributed by atoms with Crippen molar-refractivity contribution >= 4 is 17.9 Å². The highest BCUT2D eigenvalue weighted by Crippen LogP contribution is 2.14. The number of hydrogen-bond acceptors (Lipinski definition) is 9. The minimum Gasteiger partial charge on any atom is -0.462 e. The molecule has 3 N–H and O–H groups in total. The van der Waals surface area contributed by atoms with Gasteiger partial charge in [-0.1, -0.05) is 97.3 Å². The zero-order valence-electron chi connectivity index (χ0n) is 29.0. The summed E-state index contributed by atoms with van der Waals surface area (Å²) in [5, 5.41) is 28.6. The van der Waals surface area contributed by atoms with Crippen molar-refractivity contribution in [2.24, 2.45) is 0 Å². The zero-order valence-corrected chi connectivity index (χ0v) is 29.0. The van der Waals surface area contributed by atoms with Crippen molar-refractivity contribution < 1.29 is 43.9 Å². The monoisotopic (exact) mass is 644 g/mol. The SMILES string of the molecule is CCC(O)CCCCCCCC(=O)OCC(COC(=O)CCCCCCCCC(C)O)OC(=O)CCCCCCCC(O)CC. The first-order chi connectivity index (χ1) is 21.7. The Labute approximate surface area is 274 Å². The highest BCUT2D eigenvalue weighted by Gasteiger charge is 2.19. The van der Waals surface area contributed by atoms with Crippen molar-refractivity contribution in [3.8, 4) is 0 Å². The van der Waals surface area contributed by atoms with Crippen molar-refractivity contribution in [2.75, 3.05) is 13.2 Å². The van der Waals surface area contributed by atoms with Crippen molar-refractivity contribution in [1.82, 2.24) is 0 Å². The Kier molecular flexibility index (Phi) is 29.7. The number of esters is 3. The Morgan fingerprint density at radius 1 is 0.489 bits per heavy atom. The lowest BCUT2D eigenvalue weighted by Crippen LogP contribution is -2.30. The second-order valence-corrected chi connectivity index (χ2v) is 12.7. The van der Waals surface area contributed by atoms with Crippen LogP contribution in [0.3, 0.4) is 0 Å². The second-order valence-electron chi connectivity index (χ2n) is 12.7. The molecular formula is C36H68O9. The molecule has 0 rings (SSSR count). The van der Waals surface area contributed by atoms with Crippen molar-refractivity contribution in [3.05, 3.63) is 0 Å². The Bertz CT molecular complexity index is 713. The van der Waals surface area contributed by atoms with E-state index in [0.717, 1.165) is 122 Å². The number of unbranched alkanes of at least 4 members (excludes halogenated alkanes) is 13. The molecule has 0 saturated heterocycles. The number of aliphatic hydroxyl groups is 3. The molecule has 0 spiro atoms. The summed E-state index contributed by atoms with van der Waals surface area (Å²) in [6.45, 7) is 5.48. The number of ether oxygens (including phenoxy) is 3. The van der Waals surface area contributed by atoms with Gasteiger partial charge in [0.05, 0.1) is 18.3 Å². The molecule has 266 valence electrons. The minimum atomic E-state index is -0.833. The van der Waals surface area contributed by atoms with Gasteiger partial charge in [0.1, 0.15) is 13.2 Å². The van der Waals surface area contributed by atoms with Crippen LogP contribution in [0.4, 0.5) is 0 Å². The van der Waals surface area contributed by atoms with Gasteiger partial charge in [-0.3, -0.25) is 14.4 Å². The van der Waals surface area contributed by atoms with Crippen LogP contribution in [-0.2, 0) is 28.6 Å². The van der Waals surface area contributed by atoms with Gasteiger partial charge in [-0.25, -0.2) is 0 Å². The van der Waals surface area contributed by atoms with Gasteiger partial charge >= 0.3 is 17.9 Å². The Morgan fingerprint density at radius 2 is 0.822 bits per heavy atom. The lowest BCUT2D eigenvalue weighted by molar-refractivity contribution is -0.167. The highest BCUT2D eigenvalue weighted by atomic mass is 16.6. The maximum absolute atomic E-state index is 12.5. The van der Waals surface area contributed by atoms with E-state index in [9.17, 15) is 29.7 Å². The first kappa shape index (κ1) is 43.3. The van der Waals surface area contributed by atoms with Crippen LogP contribution >= 0.6 is 0 Å². The molecule has 0 heterocycles. The van der Waals surface area contributed by atoms with E-state index in [4.69, 9.17) is 14.2 Å². The number of aliphatic hydroxyl groups excluding tert-OH is 3. The standard InChI is InChI=1S/C36H68O9/c1-4-31(38)23-17-11-8-14-20-26-35(41)44-29-33(45-36(42)27-21-15-9-12-18-24-32(39)5-2)28-43-34(40)25-19-13-7-6-10-16-22-30(3)37/h30-33,37-39H,4-29H2,1-3H3. The van der Waals surface area contributed by atoms with Crippen LogP contribution in [0, 0.1) is 0 Å². The molecule has 0 aromatic carbocycles. The third-order valence-corrected chi connectivity index (χ3v) is 8.19. The van der Waals surface area contributed by atoms with Gasteiger partial charge in [0.25, 0.3) is 0 Å². The van der Waals surface area contributed by atoms with Crippen molar-refractivity contribution in [3.63, 3.8) is 0 Å². The average Bonchev–Trinajstić information content (AvgIpc) is 3.01. The highest BCUT2D eigenvalue weighted by molar-refractivity contribution is 5.71. The lowest BCUT2D eigenvalue weighted by Gasteiger charge is -2.18. The van der Waals surface area contributed by atoms with Gasteiger partial charge < -0.3 is 29.5 Å². The van der Waals surface area contributed by atoms with Crippen LogP contribution in [0.2, 0.25) is 0 Å². The third kappa shape index (κ3) is 30.7. The Balaban J connectivity index is 4.41. The zero-order chi connectivity index (χ0) is 33.5. The normalized spacial score (nSPS) is 14.0. The fourth-order valence-corrected chi connectivity index (χ4v) is 5.06. The van der Waals surface area contributed by atoms with E-state index in [-0.39, 0.29) is 56.3 Å². The molecule has 4 unspecified atom stereocenters. The Hall–Kier alpha value is -1.71. The third-order valence-electron chi connectivity index (χ3n) is 8.19. The molecule has 0 amide bonds. The molecule has 45 heavy (non-hydrogen) atoms. The molecule has 0 fully saturated rings. The van der Waals surface area contributed by atoms with Gasteiger partial charge in [-0.15, -0.1) is 0 Å². The Morgan fingerprint density at radius 3 is 1.20 bits per heavy atom. The molecule has 0 bridgehead atoms. The van der Waals surface area contributed by atoms with Crippen molar-refractivity contribution in [1.29, 1.82) is 0 Å². The van der Waals surface area contributed by atoms with Gasteiger partial charge in [-0.2, -0.15) is 0 Å². The smallest absolute Gasteiger partial charge is 0.306 e. The van der Waals surface area contributed by atoms with Crippen LogP contribution in [-0.4, -0.2) is 70.9 Å². The topological polar surface area (TPSA) is 140 Å². The predicted molar refractivity (Wildman–Crippen MR) is 178 cm³/mol. The minimum absolute atomic E-state index is 0.138.